The van der Waals surface area contributed by atoms with Gasteiger partial charge in [0.25, 0.3) is 0 Å². The highest BCUT2D eigenvalue weighted by molar-refractivity contribution is 5.36. The van der Waals surface area contributed by atoms with E-state index in [2.05, 4.69) is 9.97 Å². The summed E-state index contributed by atoms with van der Waals surface area (Å²) in [5.74, 6) is 0.824. The number of ether oxygens (including phenoxy) is 1. The van der Waals surface area contributed by atoms with Crippen LogP contribution in [0.15, 0.2) is 36.7 Å². The van der Waals surface area contributed by atoms with Crippen LogP contribution in [0.3, 0.4) is 0 Å². The summed E-state index contributed by atoms with van der Waals surface area (Å²) in [4.78, 5) is 7.98. The molecule has 4 nitrogen and oxygen atoms in total. The zero-order chi connectivity index (χ0) is 12.1. The van der Waals surface area contributed by atoms with E-state index in [-0.39, 0.29) is 0 Å². The molecule has 0 N–H and O–H groups in total. The van der Waals surface area contributed by atoms with Gasteiger partial charge in [-0.25, -0.2) is 9.97 Å². The van der Waals surface area contributed by atoms with Crippen molar-refractivity contribution in [3.8, 4) is 11.8 Å². The van der Waals surface area contributed by atoms with Crippen LogP contribution >= 0.6 is 0 Å². The molecule has 0 saturated carbocycles. The number of nitriles is 1. The number of rotatable bonds is 3. The lowest BCUT2D eigenvalue weighted by Crippen LogP contribution is -1.97. The van der Waals surface area contributed by atoms with Crippen LogP contribution in [-0.4, -0.2) is 17.1 Å². The largest absolute Gasteiger partial charge is 0.496 e. The third kappa shape index (κ3) is 2.58. The van der Waals surface area contributed by atoms with Crippen molar-refractivity contribution in [2.45, 2.75) is 6.42 Å². The van der Waals surface area contributed by atoms with Gasteiger partial charge in [0.1, 0.15) is 23.8 Å². The van der Waals surface area contributed by atoms with Gasteiger partial charge in [0, 0.05) is 17.7 Å². The molecule has 0 aliphatic heterocycles. The van der Waals surface area contributed by atoms with Crippen molar-refractivity contribution in [2.24, 2.45) is 0 Å². The van der Waals surface area contributed by atoms with Gasteiger partial charge < -0.3 is 4.74 Å². The highest BCUT2D eigenvalue weighted by Gasteiger charge is 2.04. The van der Waals surface area contributed by atoms with Crippen molar-refractivity contribution in [3.05, 3.63) is 53.6 Å². The summed E-state index contributed by atoms with van der Waals surface area (Å²) < 4.78 is 5.27. The van der Waals surface area contributed by atoms with Gasteiger partial charge in [0.15, 0.2) is 0 Å². The maximum atomic E-state index is 8.76. The van der Waals surface area contributed by atoms with Gasteiger partial charge in [-0.2, -0.15) is 5.26 Å². The fourth-order valence-electron chi connectivity index (χ4n) is 1.60. The molecule has 0 bridgehead atoms. The molecule has 1 heterocycles. The molecule has 4 heteroatoms. The molecule has 1 aromatic carbocycles. The first-order chi connectivity index (χ1) is 8.33. The zero-order valence-corrected chi connectivity index (χ0v) is 9.42. The molecule has 0 fully saturated rings. The van der Waals surface area contributed by atoms with E-state index >= 15 is 0 Å². The van der Waals surface area contributed by atoms with Crippen molar-refractivity contribution >= 4 is 0 Å². The average molecular weight is 225 g/mol. The number of nitrogens with zero attached hydrogens (tertiary/aromatic N) is 3. The van der Waals surface area contributed by atoms with Gasteiger partial charge in [0.05, 0.1) is 7.11 Å². The predicted molar refractivity (Wildman–Crippen MR) is 62.5 cm³/mol. The Bertz CT molecular complexity index is 561. The molecule has 0 saturated heterocycles. The smallest absolute Gasteiger partial charge is 0.144 e. The molecule has 0 amide bonds. The van der Waals surface area contributed by atoms with Crippen LogP contribution < -0.4 is 4.74 Å². The van der Waals surface area contributed by atoms with Crippen molar-refractivity contribution < 1.29 is 4.74 Å². The molecule has 0 aliphatic carbocycles. The van der Waals surface area contributed by atoms with Crippen molar-refractivity contribution in [3.63, 3.8) is 0 Å². The summed E-state index contributed by atoms with van der Waals surface area (Å²) in [6, 6.07) is 11.4. The minimum Gasteiger partial charge on any atom is -0.496 e. The summed E-state index contributed by atoms with van der Waals surface area (Å²) in [6.45, 7) is 0. The fraction of sp³-hybridized carbons (Fsp3) is 0.154. The third-order valence-electron chi connectivity index (χ3n) is 2.40. The lowest BCUT2D eigenvalue weighted by molar-refractivity contribution is 0.410. The molecular weight excluding hydrogens is 214 g/mol. The maximum absolute atomic E-state index is 8.76. The Balaban J connectivity index is 2.28. The Labute approximate surface area is 99.5 Å². The van der Waals surface area contributed by atoms with Gasteiger partial charge in [-0.05, 0) is 12.1 Å². The Hall–Kier alpha value is -2.41. The van der Waals surface area contributed by atoms with Crippen LogP contribution in [0, 0.1) is 11.3 Å². The Morgan fingerprint density at radius 2 is 2.12 bits per heavy atom. The van der Waals surface area contributed by atoms with E-state index in [9.17, 15) is 0 Å². The molecule has 0 radical (unpaired) electrons. The summed E-state index contributed by atoms with van der Waals surface area (Å²) in [6.07, 6.45) is 2.03. The zero-order valence-electron chi connectivity index (χ0n) is 9.42. The van der Waals surface area contributed by atoms with Crippen molar-refractivity contribution in [1.29, 1.82) is 5.26 Å². The number of para-hydroxylation sites is 1. The monoisotopic (exact) mass is 225 g/mol. The number of hydrogen-bond donors (Lipinski definition) is 0. The van der Waals surface area contributed by atoms with E-state index in [1.807, 2.05) is 30.3 Å². The molecule has 0 spiro atoms. The maximum Gasteiger partial charge on any atom is 0.144 e. The highest BCUT2D eigenvalue weighted by Crippen LogP contribution is 2.19. The summed E-state index contributed by atoms with van der Waals surface area (Å²) >= 11 is 0. The standard InChI is InChI=1S/C13H11N3O/c1-17-13-5-3-2-4-10(13)6-11-7-12(8-14)16-9-15-11/h2-5,7,9H,6H2,1H3. The second kappa shape index (κ2) is 5.08. The molecule has 1 aromatic heterocycles. The van der Waals surface area contributed by atoms with Gasteiger partial charge in [-0.3, -0.25) is 0 Å². The summed E-state index contributed by atoms with van der Waals surface area (Å²) in [5.41, 5.74) is 2.23. The summed E-state index contributed by atoms with van der Waals surface area (Å²) in [7, 11) is 1.64. The molecule has 2 aromatic rings. The van der Waals surface area contributed by atoms with Crippen molar-refractivity contribution in [1.82, 2.24) is 9.97 Å². The van der Waals surface area contributed by atoms with Gasteiger partial charge in [-0.1, -0.05) is 18.2 Å². The minimum absolute atomic E-state index is 0.380. The van der Waals surface area contributed by atoms with Gasteiger partial charge >= 0.3 is 0 Å². The molecule has 2 rings (SSSR count). The summed E-state index contributed by atoms with van der Waals surface area (Å²) in [5, 5.41) is 8.76. The van der Waals surface area contributed by atoms with Crippen LogP contribution in [0.1, 0.15) is 17.0 Å². The number of hydrogen-bond acceptors (Lipinski definition) is 4. The second-order valence-electron chi connectivity index (χ2n) is 3.50. The first-order valence-electron chi connectivity index (χ1n) is 5.16. The fourth-order valence-corrected chi connectivity index (χ4v) is 1.60. The molecular formula is C13H11N3O. The Morgan fingerprint density at radius 3 is 2.88 bits per heavy atom. The topological polar surface area (TPSA) is 58.8 Å². The first kappa shape index (κ1) is 11.1. The van der Waals surface area contributed by atoms with Crippen LogP contribution in [0.2, 0.25) is 0 Å². The molecule has 17 heavy (non-hydrogen) atoms. The third-order valence-corrected chi connectivity index (χ3v) is 2.40. The minimum atomic E-state index is 0.380. The number of benzene rings is 1. The van der Waals surface area contributed by atoms with Gasteiger partial charge in [-0.15, -0.1) is 0 Å². The molecule has 0 aliphatic rings. The second-order valence-corrected chi connectivity index (χ2v) is 3.50. The van der Waals surface area contributed by atoms with E-state index in [1.165, 1.54) is 6.33 Å². The van der Waals surface area contributed by atoms with E-state index in [1.54, 1.807) is 13.2 Å². The first-order valence-corrected chi connectivity index (χ1v) is 5.16. The van der Waals surface area contributed by atoms with Crippen LogP contribution in [0.25, 0.3) is 0 Å². The number of methoxy groups -OCH3 is 1. The molecule has 84 valence electrons. The van der Waals surface area contributed by atoms with Gasteiger partial charge in [0.2, 0.25) is 0 Å². The van der Waals surface area contributed by atoms with Crippen LogP contribution in [-0.2, 0) is 6.42 Å². The average Bonchev–Trinajstić information content (AvgIpc) is 2.39. The van der Waals surface area contributed by atoms with E-state index in [0.717, 1.165) is 17.0 Å². The quantitative estimate of drug-likeness (QED) is 0.801. The lowest BCUT2D eigenvalue weighted by atomic mass is 10.1. The van der Waals surface area contributed by atoms with E-state index in [0.29, 0.717) is 12.1 Å². The Morgan fingerprint density at radius 1 is 1.29 bits per heavy atom. The molecule has 0 unspecified atom stereocenters. The normalized spacial score (nSPS) is 9.65. The van der Waals surface area contributed by atoms with Crippen LogP contribution in [0.5, 0.6) is 5.75 Å². The molecule has 0 atom stereocenters. The van der Waals surface area contributed by atoms with Crippen molar-refractivity contribution in [2.75, 3.05) is 7.11 Å². The SMILES string of the molecule is COc1ccccc1Cc1cc(C#N)ncn1. The van der Waals surface area contributed by atoms with E-state index < -0.39 is 0 Å². The van der Waals surface area contributed by atoms with Crippen LogP contribution in [0.4, 0.5) is 0 Å². The predicted octanol–water partition coefficient (Wildman–Crippen LogP) is 1.95. The number of aromatic nitrogens is 2. The Kier molecular flexibility index (Phi) is 3.31. The van der Waals surface area contributed by atoms with E-state index in [4.69, 9.17) is 10.00 Å². The highest BCUT2D eigenvalue weighted by atomic mass is 16.5. The lowest BCUT2D eigenvalue weighted by Gasteiger charge is -2.07.